The number of carbonyl (C=O) groups is 2. The van der Waals surface area contributed by atoms with Crippen LogP contribution in [0, 0.1) is 6.92 Å². The molecule has 1 aromatic carbocycles. The molecule has 0 aliphatic carbocycles. The van der Waals surface area contributed by atoms with E-state index in [1.54, 1.807) is 4.90 Å². The predicted octanol–water partition coefficient (Wildman–Crippen LogP) is 2.33. The Morgan fingerprint density at radius 1 is 1.27 bits per heavy atom. The second-order valence-electron chi connectivity index (χ2n) is 5.78. The molecule has 0 radical (unpaired) electrons. The molecule has 3 rings (SSSR count). The van der Waals surface area contributed by atoms with Crippen molar-refractivity contribution in [1.82, 2.24) is 4.90 Å². The van der Waals surface area contributed by atoms with Crippen molar-refractivity contribution in [3.05, 3.63) is 57.8 Å². The fraction of sp³-hybridized carbons (Fsp3) is 0.294. The van der Waals surface area contributed by atoms with Gasteiger partial charge in [-0.05, 0) is 35.9 Å². The summed E-state index contributed by atoms with van der Waals surface area (Å²) in [6.45, 7) is 2.87. The molecule has 5 heteroatoms. The molecule has 1 fully saturated rings. The maximum atomic E-state index is 12.6. The number of nitrogens with zero attached hydrogens (tertiary/aromatic N) is 1. The van der Waals surface area contributed by atoms with E-state index in [0.29, 0.717) is 24.4 Å². The number of aryl methyl sites for hydroxylation is 1. The molecule has 2 N–H and O–H groups in total. The van der Waals surface area contributed by atoms with Crippen LogP contribution in [0.4, 0.5) is 0 Å². The number of nitrogens with two attached hydrogens (primary N) is 1. The van der Waals surface area contributed by atoms with Crippen LogP contribution in [0.1, 0.15) is 27.2 Å². The van der Waals surface area contributed by atoms with Gasteiger partial charge in [-0.1, -0.05) is 30.3 Å². The van der Waals surface area contributed by atoms with Crippen molar-refractivity contribution in [1.29, 1.82) is 0 Å². The summed E-state index contributed by atoms with van der Waals surface area (Å²) in [6.07, 6.45) is 0.572. The quantitative estimate of drug-likeness (QED) is 0.945. The average molecular weight is 314 g/mol. The summed E-state index contributed by atoms with van der Waals surface area (Å²) in [5, 5.41) is 1.96. The summed E-state index contributed by atoms with van der Waals surface area (Å²) >= 11 is 1.44. The highest BCUT2D eigenvalue weighted by atomic mass is 32.1. The molecule has 4 nitrogen and oxygen atoms in total. The van der Waals surface area contributed by atoms with E-state index in [0.717, 1.165) is 11.1 Å². The molecule has 2 aromatic rings. The summed E-state index contributed by atoms with van der Waals surface area (Å²) in [5.41, 5.74) is 6.89. The van der Waals surface area contributed by atoms with Gasteiger partial charge >= 0.3 is 0 Å². The van der Waals surface area contributed by atoms with Gasteiger partial charge in [0, 0.05) is 13.1 Å². The Bertz CT molecular complexity index is 710. The fourth-order valence-corrected chi connectivity index (χ4v) is 3.88. The van der Waals surface area contributed by atoms with Crippen LogP contribution in [0.25, 0.3) is 0 Å². The van der Waals surface area contributed by atoms with E-state index in [9.17, 15) is 9.59 Å². The van der Waals surface area contributed by atoms with Gasteiger partial charge in [-0.3, -0.25) is 9.59 Å². The molecule has 0 bridgehead atoms. The minimum absolute atomic E-state index is 0.0165. The molecular formula is C17H18N2O2S. The van der Waals surface area contributed by atoms with E-state index in [2.05, 4.69) is 0 Å². The zero-order chi connectivity index (χ0) is 15.7. The van der Waals surface area contributed by atoms with Crippen molar-refractivity contribution in [2.24, 2.45) is 5.73 Å². The van der Waals surface area contributed by atoms with Crippen LogP contribution in [0.5, 0.6) is 0 Å². The van der Waals surface area contributed by atoms with Gasteiger partial charge in [0.25, 0.3) is 5.91 Å². The number of benzene rings is 1. The molecule has 1 aromatic heterocycles. The molecule has 1 aliphatic rings. The highest BCUT2D eigenvalue weighted by molar-refractivity contribution is 7.12. The van der Waals surface area contributed by atoms with Gasteiger partial charge < -0.3 is 10.6 Å². The van der Waals surface area contributed by atoms with Crippen molar-refractivity contribution in [2.75, 3.05) is 13.1 Å². The third-order valence-electron chi connectivity index (χ3n) is 4.30. The lowest BCUT2D eigenvalue weighted by atomic mass is 9.79. The summed E-state index contributed by atoms with van der Waals surface area (Å²) in [5.74, 6) is -0.381. The summed E-state index contributed by atoms with van der Waals surface area (Å²) in [4.78, 5) is 27.2. The smallest absolute Gasteiger partial charge is 0.263 e. The third kappa shape index (κ3) is 2.41. The molecule has 114 valence electrons. The first-order valence-corrected chi connectivity index (χ1v) is 8.11. The summed E-state index contributed by atoms with van der Waals surface area (Å²) in [7, 11) is 0. The first-order valence-electron chi connectivity index (χ1n) is 7.23. The van der Waals surface area contributed by atoms with E-state index in [1.807, 2.05) is 48.7 Å². The molecule has 2 amide bonds. The van der Waals surface area contributed by atoms with Gasteiger partial charge in [-0.2, -0.15) is 0 Å². The number of hydrogen-bond donors (Lipinski definition) is 1. The fourth-order valence-electron chi connectivity index (χ4n) is 3.02. The highest BCUT2D eigenvalue weighted by Crippen LogP contribution is 2.35. The number of carbonyl (C=O) groups excluding carboxylic acids is 2. The monoisotopic (exact) mass is 314 g/mol. The van der Waals surface area contributed by atoms with Gasteiger partial charge in [0.1, 0.15) is 0 Å². The Morgan fingerprint density at radius 3 is 2.59 bits per heavy atom. The second-order valence-corrected chi connectivity index (χ2v) is 6.69. The number of likely N-dealkylation sites (tertiary alicyclic amines) is 1. The highest BCUT2D eigenvalue weighted by Gasteiger charge is 2.46. The van der Waals surface area contributed by atoms with E-state index in [4.69, 9.17) is 5.73 Å². The first kappa shape index (κ1) is 14.8. The van der Waals surface area contributed by atoms with Crippen LogP contribution >= 0.6 is 11.3 Å². The normalized spacial score (nSPS) is 21.0. The minimum atomic E-state index is -0.775. The van der Waals surface area contributed by atoms with Crippen molar-refractivity contribution in [3.63, 3.8) is 0 Å². The molecular weight excluding hydrogens is 296 g/mol. The number of amides is 2. The first-order chi connectivity index (χ1) is 10.5. The van der Waals surface area contributed by atoms with Gasteiger partial charge in [0.2, 0.25) is 5.91 Å². The van der Waals surface area contributed by atoms with E-state index < -0.39 is 5.41 Å². The van der Waals surface area contributed by atoms with Crippen LogP contribution in [0.2, 0.25) is 0 Å². The summed E-state index contributed by atoms with van der Waals surface area (Å²) in [6, 6.07) is 11.4. The summed E-state index contributed by atoms with van der Waals surface area (Å²) < 4.78 is 0. The largest absolute Gasteiger partial charge is 0.369 e. The third-order valence-corrected chi connectivity index (χ3v) is 5.33. The van der Waals surface area contributed by atoms with Gasteiger partial charge in [0.05, 0.1) is 10.3 Å². The predicted molar refractivity (Wildman–Crippen MR) is 86.9 cm³/mol. The molecule has 2 heterocycles. The number of rotatable bonds is 3. The van der Waals surface area contributed by atoms with Crippen LogP contribution in [0.15, 0.2) is 41.8 Å². The SMILES string of the molecule is Cc1csc(C(=O)N2CCC(C(N)=O)(c3ccccc3)C2)c1. The van der Waals surface area contributed by atoms with Crippen molar-refractivity contribution >= 4 is 23.2 Å². The van der Waals surface area contributed by atoms with E-state index >= 15 is 0 Å². The van der Waals surface area contributed by atoms with Gasteiger partial charge in [-0.15, -0.1) is 11.3 Å². The van der Waals surface area contributed by atoms with Crippen molar-refractivity contribution in [2.45, 2.75) is 18.8 Å². The maximum Gasteiger partial charge on any atom is 0.263 e. The standard InChI is InChI=1S/C17H18N2O2S/c1-12-9-14(22-10-12)15(20)19-8-7-17(11-19,16(18)21)13-5-3-2-4-6-13/h2-6,9-10H,7-8,11H2,1H3,(H2,18,21). The maximum absolute atomic E-state index is 12.6. The lowest BCUT2D eigenvalue weighted by Crippen LogP contribution is -2.44. The number of hydrogen-bond acceptors (Lipinski definition) is 3. The van der Waals surface area contributed by atoms with Gasteiger partial charge in [-0.25, -0.2) is 0 Å². The lowest BCUT2D eigenvalue weighted by Gasteiger charge is -2.26. The Hall–Kier alpha value is -2.14. The Kier molecular flexibility index (Phi) is 3.74. The Labute approximate surface area is 133 Å². The molecule has 0 saturated carbocycles. The number of primary amides is 1. The van der Waals surface area contributed by atoms with Crippen molar-refractivity contribution < 1.29 is 9.59 Å². The molecule has 1 saturated heterocycles. The zero-order valence-corrected chi connectivity index (χ0v) is 13.2. The zero-order valence-electron chi connectivity index (χ0n) is 12.4. The number of thiophene rings is 1. The minimum Gasteiger partial charge on any atom is -0.369 e. The molecule has 1 aliphatic heterocycles. The molecule has 0 spiro atoms. The van der Waals surface area contributed by atoms with Crippen molar-refractivity contribution in [3.8, 4) is 0 Å². The average Bonchev–Trinajstić information content (AvgIpc) is 3.15. The van der Waals surface area contributed by atoms with E-state index in [-0.39, 0.29) is 11.8 Å². The van der Waals surface area contributed by atoms with Crippen LogP contribution < -0.4 is 5.73 Å². The molecule has 1 unspecified atom stereocenters. The van der Waals surface area contributed by atoms with E-state index in [1.165, 1.54) is 11.3 Å². The second kappa shape index (κ2) is 5.57. The Balaban J connectivity index is 1.88. The van der Waals surface area contributed by atoms with Crippen LogP contribution in [-0.2, 0) is 10.2 Å². The Morgan fingerprint density at radius 2 is 2.00 bits per heavy atom. The molecule has 22 heavy (non-hydrogen) atoms. The van der Waals surface area contributed by atoms with Crippen LogP contribution in [0.3, 0.4) is 0 Å². The lowest BCUT2D eigenvalue weighted by molar-refractivity contribution is -0.123. The van der Waals surface area contributed by atoms with Gasteiger partial charge in [0.15, 0.2) is 0 Å². The molecule has 1 atom stereocenters. The van der Waals surface area contributed by atoms with Crippen LogP contribution in [-0.4, -0.2) is 29.8 Å². The topological polar surface area (TPSA) is 63.4 Å².